The molecule has 0 aromatic heterocycles. The van der Waals surface area contributed by atoms with Crippen LogP contribution in [0.5, 0.6) is 11.5 Å². The van der Waals surface area contributed by atoms with Crippen LogP contribution in [0.4, 0.5) is 0 Å². The van der Waals surface area contributed by atoms with Gasteiger partial charge in [-0.1, -0.05) is 90.9 Å². The summed E-state index contributed by atoms with van der Waals surface area (Å²) in [5.74, 6) is 5.57. The van der Waals surface area contributed by atoms with Gasteiger partial charge in [-0.2, -0.15) is 0 Å². The van der Waals surface area contributed by atoms with Crippen molar-refractivity contribution < 1.29 is 9.47 Å². The molecule has 32 heavy (non-hydrogen) atoms. The molecule has 0 N–H and O–H groups in total. The molecule has 182 valence electrons. The van der Waals surface area contributed by atoms with Crippen molar-refractivity contribution in [3.05, 3.63) is 24.3 Å². The Bertz CT molecular complexity index is 579. The molecule has 0 unspecified atom stereocenters. The smallest absolute Gasteiger partial charge is 0.119 e. The van der Waals surface area contributed by atoms with Gasteiger partial charge in [0.05, 0.1) is 13.2 Å². The van der Waals surface area contributed by atoms with Gasteiger partial charge in [0.1, 0.15) is 11.5 Å². The van der Waals surface area contributed by atoms with Crippen molar-refractivity contribution in [2.45, 2.75) is 117 Å². The summed E-state index contributed by atoms with van der Waals surface area (Å²) >= 11 is 0. The van der Waals surface area contributed by atoms with Crippen LogP contribution in [-0.2, 0) is 0 Å². The van der Waals surface area contributed by atoms with Crippen LogP contribution < -0.4 is 9.47 Å². The van der Waals surface area contributed by atoms with E-state index in [-0.39, 0.29) is 0 Å². The lowest BCUT2D eigenvalue weighted by Crippen LogP contribution is -2.18. The summed E-state index contributed by atoms with van der Waals surface area (Å²) in [6, 6.07) is 8.29. The van der Waals surface area contributed by atoms with Crippen molar-refractivity contribution in [1.82, 2.24) is 0 Å². The van der Waals surface area contributed by atoms with E-state index >= 15 is 0 Å². The maximum atomic E-state index is 6.04. The second-order valence-corrected chi connectivity index (χ2v) is 11.0. The van der Waals surface area contributed by atoms with E-state index in [9.17, 15) is 0 Å². The zero-order valence-corrected chi connectivity index (χ0v) is 21.2. The van der Waals surface area contributed by atoms with E-state index in [0.717, 1.165) is 48.4 Å². The molecule has 0 radical (unpaired) electrons. The third kappa shape index (κ3) is 9.75. The minimum absolute atomic E-state index is 0.739. The zero-order valence-electron chi connectivity index (χ0n) is 21.2. The Kier molecular flexibility index (Phi) is 11.8. The van der Waals surface area contributed by atoms with Crippen LogP contribution in [0.2, 0.25) is 0 Å². The Morgan fingerprint density at radius 2 is 1.16 bits per heavy atom. The molecule has 0 amide bonds. The molecule has 2 fully saturated rings. The Labute approximate surface area is 198 Å². The molecule has 1 aromatic carbocycles. The van der Waals surface area contributed by atoms with Crippen molar-refractivity contribution in [3.63, 3.8) is 0 Å². The van der Waals surface area contributed by atoms with Gasteiger partial charge in [0.2, 0.25) is 0 Å². The SMILES string of the molecule is CCCCCCCC1CCC(CCCOc2ccc(OCC3CCC(C)CC3)cc2)CC1. The minimum Gasteiger partial charge on any atom is -0.494 e. The predicted octanol–water partition coefficient (Wildman–Crippen LogP) is 9.22. The van der Waals surface area contributed by atoms with Gasteiger partial charge < -0.3 is 9.47 Å². The largest absolute Gasteiger partial charge is 0.494 e. The minimum atomic E-state index is 0.739. The number of ether oxygens (including phenoxy) is 2. The number of unbranched alkanes of at least 4 members (excludes halogenated alkanes) is 4. The zero-order chi connectivity index (χ0) is 22.4. The Morgan fingerprint density at radius 3 is 1.78 bits per heavy atom. The molecule has 3 rings (SSSR count). The van der Waals surface area contributed by atoms with E-state index in [0.29, 0.717) is 0 Å². The molecule has 0 bridgehead atoms. The molecule has 0 atom stereocenters. The lowest BCUT2D eigenvalue weighted by atomic mass is 9.78. The van der Waals surface area contributed by atoms with E-state index in [1.807, 2.05) is 0 Å². The molecule has 2 aliphatic rings. The van der Waals surface area contributed by atoms with Crippen molar-refractivity contribution >= 4 is 0 Å². The van der Waals surface area contributed by atoms with Crippen molar-refractivity contribution in [1.29, 1.82) is 0 Å². The van der Waals surface area contributed by atoms with E-state index in [1.165, 1.54) is 103 Å². The molecule has 2 aliphatic carbocycles. The normalized spacial score (nSPS) is 26.1. The molecule has 0 aliphatic heterocycles. The predicted molar refractivity (Wildman–Crippen MR) is 137 cm³/mol. The van der Waals surface area contributed by atoms with Crippen LogP contribution >= 0.6 is 0 Å². The molecular formula is C30H50O2. The van der Waals surface area contributed by atoms with Crippen molar-refractivity contribution in [2.24, 2.45) is 23.7 Å². The second-order valence-electron chi connectivity index (χ2n) is 11.0. The summed E-state index contributed by atoms with van der Waals surface area (Å²) < 4.78 is 12.0. The van der Waals surface area contributed by atoms with Crippen LogP contribution in [0.15, 0.2) is 24.3 Å². The van der Waals surface area contributed by atoms with Gasteiger partial charge in [-0.05, 0) is 73.6 Å². The van der Waals surface area contributed by atoms with Crippen molar-refractivity contribution in [2.75, 3.05) is 13.2 Å². The van der Waals surface area contributed by atoms with Gasteiger partial charge in [0, 0.05) is 0 Å². The molecular weight excluding hydrogens is 392 g/mol. The average Bonchev–Trinajstić information content (AvgIpc) is 2.83. The van der Waals surface area contributed by atoms with Gasteiger partial charge in [0.15, 0.2) is 0 Å². The summed E-state index contributed by atoms with van der Waals surface area (Å²) in [6.45, 7) is 6.39. The number of benzene rings is 1. The maximum absolute atomic E-state index is 6.04. The molecule has 2 heteroatoms. The van der Waals surface area contributed by atoms with Gasteiger partial charge >= 0.3 is 0 Å². The first-order chi connectivity index (χ1) is 15.7. The van der Waals surface area contributed by atoms with Crippen LogP contribution in [-0.4, -0.2) is 13.2 Å². The third-order valence-corrected chi connectivity index (χ3v) is 8.15. The third-order valence-electron chi connectivity index (χ3n) is 8.15. The fourth-order valence-corrected chi connectivity index (χ4v) is 5.75. The van der Waals surface area contributed by atoms with Gasteiger partial charge in [-0.15, -0.1) is 0 Å². The molecule has 0 saturated heterocycles. The lowest BCUT2D eigenvalue weighted by Gasteiger charge is -2.28. The first kappa shape index (κ1) is 25.4. The van der Waals surface area contributed by atoms with Crippen LogP contribution in [0.3, 0.4) is 0 Å². The lowest BCUT2D eigenvalue weighted by molar-refractivity contribution is 0.188. The van der Waals surface area contributed by atoms with E-state index in [4.69, 9.17) is 9.47 Å². The Morgan fingerprint density at radius 1 is 0.625 bits per heavy atom. The highest BCUT2D eigenvalue weighted by Gasteiger charge is 2.21. The summed E-state index contributed by atoms with van der Waals surface area (Å²) in [7, 11) is 0. The van der Waals surface area contributed by atoms with Gasteiger partial charge in [-0.3, -0.25) is 0 Å². The first-order valence-electron chi connectivity index (χ1n) is 14.1. The molecule has 2 saturated carbocycles. The Hall–Kier alpha value is -1.18. The van der Waals surface area contributed by atoms with E-state index < -0.39 is 0 Å². The number of hydrogen-bond donors (Lipinski definition) is 0. The summed E-state index contributed by atoms with van der Waals surface area (Å²) in [5.41, 5.74) is 0. The standard InChI is InChI=1S/C30H50O2/c1-3-4-5-6-7-9-26-15-17-27(18-16-26)10-8-23-31-29-19-21-30(22-20-29)32-24-28-13-11-25(2)12-14-28/h19-22,25-28H,3-18,23-24H2,1-2H3. The fourth-order valence-electron chi connectivity index (χ4n) is 5.75. The fraction of sp³-hybridized carbons (Fsp3) is 0.800. The highest BCUT2D eigenvalue weighted by molar-refractivity contribution is 5.31. The summed E-state index contributed by atoms with van der Waals surface area (Å²) in [5, 5.41) is 0. The summed E-state index contributed by atoms with van der Waals surface area (Å²) in [6.07, 6.45) is 22.4. The highest BCUT2D eigenvalue weighted by Crippen LogP contribution is 2.34. The second kappa shape index (κ2) is 14.9. The average molecular weight is 443 g/mol. The summed E-state index contributed by atoms with van der Waals surface area (Å²) in [4.78, 5) is 0. The van der Waals surface area contributed by atoms with E-state index in [2.05, 4.69) is 38.1 Å². The first-order valence-corrected chi connectivity index (χ1v) is 14.1. The number of rotatable bonds is 14. The van der Waals surface area contributed by atoms with Crippen molar-refractivity contribution in [3.8, 4) is 11.5 Å². The van der Waals surface area contributed by atoms with Gasteiger partial charge in [-0.25, -0.2) is 0 Å². The van der Waals surface area contributed by atoms with Crippen LogP contribution in [0, 0.1) is 23.7 Å². The molecule has 0 spiro atoms. The monoisotopic (exact) mass is 442 g/mol. The van der Waals surface area contributed by atoms with Crippen LogP contribution in [0.1, 0.15) is 117 Å². The maximum Gasteiger partial charge on any atom is 0.119 e. The molecule has 0 heterocycles. The quantitative estimate of drug-likeness (QED) is 0.267. The number of hydrogen-bond acceptors (Lipinski definition) is 2. The van der Waals surface area contributed by atoms with Crippen LogP contribution in [0.25, 0.3) is 0 Å². The molecule has 1 aromatic rings. The Balaban J connectivity index is 1.20. The van der Waals surface area contributed by atoms with Gasteiger partial charge in [0.25, 0.3) is 0 Å². The highest BCUT2D eigenvalue weighted by atomic mass is 16.5. The molecule has 2 nitrogen and oxygen atoms in total. The van der Waals surface area contributed by atoms with E-state index in [1.54, 1.807) is 0 Å². The topological polar surface area (TPSA) is 18.5 Å².